The molecule has 0 amide bonds. The molecule has 1 rings (SSSR count). The van der Waals surface area contributed by atoms with Crippen LogP contribution in [0.1, 0.15) is 12.0 Å². The smallest absolute Gasteiger partial charge is 0.512 e. The third kappa shape index (κ3) is 4.33. The maximum atomic E-state index is 10.9. The van der Waals surface area contributed by atoms with Gasteiger partial charge in [0.05, 0.1) is 7.11 Å². The second-order valence-corrected chi connectivity index (χ2v) is 3.16. The van der Waals surface area contributed by atoms with Crippen molar-refractivity contribution < 1.29 is 24.2 Å². The summed E-state index contributed by atoms with van der Waals surface area (Å²) in [6.45, 7) is 0. The van der Waals surface area contributed by atoms with Gasteiger partial charge in [-0.1, -0.05) is 12.1 Å². The Morgan fingerprint density at radius 3 is 2.44 bits per heavy atom. The highest BCUT2D eigenvalue weighted by Crippen LogP contribution is 2.13. The molecule has 0 aromatic heterocycles. The molecule has 0 aliphatic rings. The second-order valence-electron chi connectivity index (χ2n) is 3.16. The van der Waals surface area contributed by atoms with Crippen molar-refractivity contribution in [2.75, 3.05) is 7.11 Å². The van der Waals surface area contributed by atoms with Gasteiger partial charge in [-0.2, -0.15) is 0 Å². The van der Waals surface area contributed by atoms with Gasteiger partial charge in [0, 0.05) is 6.42 Å². The van der Waals surface area contributed by atoms with Crippen molar-refractivity contribution in [3.05, 3.63) is 29.8 Å². The zero-order valence-electron chi connectivity index (χ0n) is 8.92. The number of hydrogen-bond donors (Lipinski definition) is 2. The van der Waals surface area contributed by atoms with Crippen LogP contribution >= 0.6 is 0 Å². The van der Waals surface area contributed by atoms with E-state index in [-0.39, 0.29) is 5.97 Å². The molecule has 2 N–H and O–H groups in total. The summed E-state index contributed by atoms with van der Waals surface area (Å²) in [5.74, 6) is 0.0999. The Morgan fingerprint density at radius 1 is 1.31 bits per heavy atom. The van der Waals surface area contributed by atoms with Crippen molar-refractivity contribution in [2.45, 2.75) is 12.8 Å². The van der Waals surface area contributed by atoms with E-state index in [0.29, 0.717) is 18.6 Å². The first-order valence-corrected chi connectivity index (χ1v) is 4.80. The van der Waals surface area contributed by atoms with Gasteiger partial charge in [-0.05, 0) is 24.1 Å². The Balaban J connectivity index is 2.48. The standard InChI is InChI=1S/C10H13BO5/c1-15-10(12)7-4-8-2-5-9(6-3-8)16-11(13)14/h2-3,5-6,13-14H,4,7H2,1H3. The fraction of sp³-hybridized carbons (Fsp3) is 0.300. The van der Waals surface area contributed by atoms with Gasteiger partial charge < -0.3 is 19.4 Å². The van der Waals surface area contributed by atoms with Crippen LogP contribution in [0.4, 0.5) is 0 Å². The summed E-state index contributed by atoms with van der Waals surface area (Å²) < 4.78 is 9.15. The Kier molecular flexibility index (Phi) is 4.82. The lowest BCUT2D eigenvalue weighted by atomic mass is 10.1. The Hall–Kier alpha value is -1.53. The van der Waals surface area contributed by atoms with Gasteiger partial charge in [0.1, 0.15) is 5.75 Å². The molecule has 0 saturated carbocycles. The highest BCUT2D eigenvalue weighted by molar-refractivity contribution is 6.33. The van der Waals surface area contributed by atoms with E-state index < -0.39 is 7.32 Å². The number of carbonyl (C=O) groups is 1. The van der Waals surface area contributed by atoms with E-state index in [1.54, 1.807) is 24.3 Å². The van der Waals surface area contributed by atoms with Crippen molar-refractivity contribution in [1.29, 1.82) is 0 Å². The average Bonchev–Trinajstić information content (AvgIpc) is 2.27. The minimum Gasteiger partial charge on any atom is -0.512 e. The molecule has 0 bridgehead atoms. The van der Waals surface area contributed by atoms with Crippen LogP contribution in [-0.2, 0) is 16.0 Å². The quantitative estimate of drug-likeness (QED) is 0.549. The van der Waals surface area contributed by atoms with Gasteiger partial charge in [-0.3, -0.25) is 4.79 Å². The molecule has 6 heteroatoms. The lowest BCUT2D eigenvalue weighted by Gasteiger charge is -2.05. The van der Waals surface area contributed by atoms with E-state index in [1.165, 1.54) is 7.11 Å². The maximum Gasteiger partial charge on any atom is 0.707 e. The predicted molar refractivity (Wildman–Crippen MR) is 57.6 cm³/mol. The number of ether oxygens (including phenoxy) is 1. The Morgan fingerprint density at radius 2 is 1.94 bits per heavy atom. The van der Waals surface area contributed by atoms with Crippen molar-refractivity contribution in [3.8, 4) is 5.75 Å². The summed E-state index contributed by atoms with van der Waals surface area (Å²) in [6.07, 6.45) is 0.897. The maximum absolute atomic E-state index is 10.9. The molecule has 0 fully saturated rings. The summed E-state index contributed by atoms with van der Waals surface area (Å²) >= 11 is 0. The molecule has 0 aliphatic heterocycles. The molecule has 0 saturated heterocycles. The Bertz CT molecular complexity index is 336. The summed E-state index contributed by atoms with van der Waals surface area (Å²) in [5, 5.41) is 17.1. The SMILES string of the molecule is COC(=O)CCc1ccc(OB(O)O)cc1. The molecule has 86 valence electrons. The minimum atomic E-state index is -1.82. The van der Waals surface area contributed by atoms with Crippen LogP contribution in [0, 0.1) is 0 Å². The zero-order chi connectivity index (χ0) is 12.0. The van der Waals surface area contributed by atoms with Gasteiger partial charge in [0.15, 0.2) is 0 Å². The third-order valence-corrected chi connectivity index (χ3v) is 2.01. The molecule has 1 aromatic carbocycles. The average molecular weight is 224 g/mol. The topological polar surface area (TPSA) is 76.0 Å². The number of esters is 1. The van der Waals surface area contributed by atoms with Crippen molar-refractivity contribution >= 4 is 13.3 Å². The van der Waals surface area contributed by atoms with Crippen LogP contribution in [0.5, 0.6) is 5.75 Å². The molecule has 0 spiro atoms. The number of hydrogen-bond acceptors (Lipinski definition) is 5. The lowest BCUT2D eigenvalue weighted by Crippen LogP contribution is -2.20. The largest absolute Gasteiger partial charge is 0.707 e. The molecular weight excluding hydrogens is 211 g/mol. The van der Waals surface area contributed by atoms with Gasteiger partial charge >= 0.3 is 13.3 Å². The first-order chi connectivity index (χ1) is 7.61. The molecule has 5 nitrogen and oxygen atoms in total. The molecule has 0 heterocycles. The summed E-state index contributed by atoms with van der Waals surface area (Å²) in [6, 6.07) is 6.71. The first kappa shape index (κ1) is 12.5. The molecule has 0 atom stereocenters. The summed E-state index contributed by atoms with van der Waals surface area (Å²) in [4.78, 5) is 10.9. The van der Waals surface area contributed by atoms with Gasteiger partial charge in [0.25, 0.3) is 0 Å². The van der Waals surface area contributed by atoms with Crippen molar-refractivity contribution in [2.24, 2.45) is 0 Å². The fourth-order valence-electron chi connectivity index (χ4n) is 1.20. The van der Waals surface area contributed by atoms with E-state index in [1.807, 2.05) is 0 Å². The van der Waals surface area contributed by atoms with Gasteiger partial charge in [0.2, 0.25) is 0 Å². The Labute approximate surface area is 93.8 Å². The van der Waals surface area contributed by atoms with Crippen LogP contribution in [0.25, 0.3) is 0 Å². The zero-order valence-corrected chi connectivity index (χ0v) is 8.92. The molecule has 0 aliphatic carbocycles. The van der Waals surface area contributed by atoms with Crippen LogP contribution < -0.4 is 4.65 Å². The minimum absolute atomic E-state index is 0.258. The van der Waals surface area contributed by atoms with Crippen LogP contribution in [0.2, 0.25) is 0 Å². The molecular formula is C10H13BO5. The monoisotopic (exact) mass is 224 g/mol. The van der Waals surface area contributed by atoms with Gasteiger partial charge in [-0.15, -0.1) is 0 Å². The third-order valence-electron chi connectivity index (χ3n) is 2.01. The number of benzene rings is 1. The molecule has 0 radical (unpaired) electrons. The molecule has 0 unspecified atom stereocenters. The van der Waals surface area contributed by atoms with E-state index in [0.717, 1.165) is 5.56 Å². The number of rotatable bonds is 5. The molecule has 16 heavy (non-hydrogen) atoms. The molecule has 1 aromatic rings. The van der Waals surface area contributed by atoms with E-state index in [4.69, 9.17) is 10.0 Å². The van der Waals surface area contributed by atoms with Crippen LogP contribution in [0.3, 0.4) is 0 Å². The van der Waals surface area contributed by atoms with Crippen LogP contribution in [-0.4, -0.2) is 30.4 Å². The van der Waals surface area contributed by atoms with Crippen LogP contribution in [0.15, 0.2) is 24.3 Å². The number of aryl methyl sites for hydroxylation is 1. The lowest BCUT2D eigenvalue weighted by molar-refractivity contribution is -0.140. The summed E-state index contributed by atoms with van der Waals surface area (Å²) in [5.41, 5.74) is 0.949. The number of carbonyl (C=O) groups excluding carboxylic acids is 1. The van der Waals surface area contributed by atoms with Gasteiger partial charge in [-0.25, -0.2) is 0 Å². The van der Waals surface area contributed by atoms with Crippen molar-refractivity contribution in [1.82, 2.24) is 0 Å². The number of methoxy groups -OCH3 is 1. The second kappa shape index (κ2) is 6.14. The van der Waals surface area contributed by atoms with Crippen molar-refractivity contribution in [3.63, 3.8) is 0 Å². The van der Waals surface area contributed by atoms with E-state index in [9.17, 15) is 4.79 Å². The summed E-state index contributed by atoms with van der Waals surface area (Å²) in [7, 11) is -0.469. The van der Waals surface area contributed by atoms with E-state index in [2.05, 4.69) is 9.39 Å². The normalized spacial score (nSPS) is 9.69. The highest BCUT2D eigenvalue weighted by atomic mass is 16.6. The predicted octanol–water partition coefficient (Wildman–Crippen LogP) is 0.140. The van der Waals surface area contributed by atoms with E-state index >= 15 is 0 Å². The fourth-order valence-corrected chi connectivity index (χ4v) is 1.20. The highest BCUT2D eigenvalue weighted by Gasteiger charge is 2.10. The first-order valence-electron chi connectivity index (χ1n) is 4.80.